The van der Waals surface area contributed by atoms with Crippen molar-refractivity contribution in [1.29, 1.82) is 0 Å². The van der Waals surface area contributed by atoms with Crippen molar-refractivity contribution in [1.82, 2.24) is 0 Å². The van der Waals surface area contributed by atoms with Gasteiger partial charge < -0.3 is 5.11 Å². The van der Waals surface area contributed by atoms with Gasteiger partial charge in [-0.25, -0.2) is 0 Å². The van der Waals surface area contributed by atoms with Crippen LogP contribution in [0.15, 0.2) is 0 Å². The average molecular weight is 144 g/mol. The van der Waals surface area contributed by atoms with Crippen molar-refractivity contribution in [3.8, 4) is 0 Å². The zero-order valence-corrected chi connectivity index (χ0v) is 5.16. The fraction of sp³-hybridized carbons (Fsp3) is 0.750. The minimum absolute atomic E-state index is 0. The van der Waals surface area contributed by atoms with Crippen molar-refractivity contribution < 1.29 is 9.90 Å². The second-order valence-electron chi connectivity index (χ2n) is 1.22. The molecular weight excluding hydrogens is 135 g/mol. The molecule has 0 amide bonds. The monoisotopic (exact) mass is 144 g/mol. The molecule has 0 aromatic rings. The van der Waals surface area contributed by atoms with Crippen molar-refractivity contribution >= 4 is 47.3 Å². The van der Waals surface area contributed by atoms with Crippen LogP contribution in [0.2, 0.25) is 0 Å². The van der Waals surface area contributed by atoms with Crippen molar-refractivity contribution in [3.63, 3.8) is 0 Å². The van der Waals surface area contributed by atoms with Gasteiger partial charge >= 0.3 is 35.5 Å². The molecule has 44 valence electrons. The Morgan fingerprint density at radius 1 is 1.75 bits per heavy atom. The Kier molecular flexibility index (Phi) is 8.62. The summed E-state index contributed by atoms with van der Waals surface area (Å²) in [5.41, 5.74) is 0. The minimum atomic E-state index is -0.743. The van der Waals surface area contributed by atoms with Crippen LogP contribution in [0.5, 0.6) is 0 Å². The number of aliphatic carboxylic acids is 1. The molecule has 1 N–H and O–H groups in total. The third-order valence-corrected chi connectivity index (χ3v) is 1.61. The van der Waals surface area contributed by atoms with Gasteiger partial charge in [-0.05, 0) is 13.2 Å². The van der Waals surface area contributed by atoms with E-state index in [9.17, 15) is 4.79 Å². The summed E-state index contributed by atoms with van der Waals surface area (Å²) >= 11 is 1.33. The van der Waals surface area contributed by atoms with E-state index in [2.05, 4.69) is 0 Å². The summed E-state index contributed by atoms with van der Waals surface area (Å²) in [7, 11) is 0. The summed E-state index contributed by atoms with van der Waals surface area (Å²) < 4.78 is 0. The number of hydrogen-bond donors (Lipinski definition) is 1. The number of carboxylic acid groups (broad SMARTS) is 1. The number of rotatable bonds is 2. The van der Waals surface area contributed by atoms with Gasteiger partial charge in [-0.1, -0.05) is 0 Å². The first kappa shape index (κ1) is 11.6. The van der Waals surface area contributed by atoms with Crippen molar-refractivity contribution in [2.24, 2.45) is 0 Å². The normalized spacial score (nSPS) is 11.8. The van der Waals surface area contributed by atoms with Crippen LogP contribution >= 0.6 is 11.8 Å². The number of carbonyl (C=O) groups is 1. The number of carboxylic acids is 1. The van der Waals surface area contributed by atoms with E-state index in [-0.39, 0.29) is 34.8 Å². The van der Waals surface area contributed by atoms with Gasteiger partial charge in [-0.15, -0.1) is 0 Å². The molecule has 0 aromatic heterocycles. The van der Waals surface area contributed by atoms with Crippen LogP contribution in [0.1, 0.15) is 6.92 Å². The van der Waals surface area contributed by atoms with Crippen LogP contribution in [0.25, 0.3) is 0 Å². The first-order valence-electron chi connectivity index (χ1n) is 1.94. The molecule has 0 saturated carbocycles. The topological polar surface area (TPSA) is 37.3 Å². The van der Waals surface area contributed by atoms with Gasteiger partial charge in [0.05, 0.1) is 5.25 Å². The fourth-order valence-corrected chi connectivity index (χ4v) is 0.302. The number of hydrogen-bond acceptors (Lipinski definition) is 2. The van der Waals surface area contributed by atoms with Crippen LogP contribution in [0, 0.1) is 0 Å². The van der Waals surface area contributed by atoms with Gasteiger partial charge in [0.25, 0.3) is 0 Å². The molecule has 0 bridgehead atoms. The molecule has 8 heavy (non-hydrogen) atoms. The molecule has 0 radical (unpaired) electrons. The fourth-order valence-electron chi connectivity index (χ4n) is 0.101. The van der Waals surface area contributed by atoms with E-state index < -0.39 is 5.97 Å². The van der Waals surface area contributed by atoms with Crippen LogP contribution in [-0.2, 0) is 4.79 Å². The van der Waals surface area contributed by atoms with E-state index in [1.54, 1.807) is 13.2 Å². The van der Waals surface area contributed by atoms with E-state index >= 15 is 0 Å². The predicted octanol–water partition coefficient (Wildman–Crippen LogP) is 0.174. The van der Waals surface area contributed by atoms with E-state index in [1.807, 2.05) is 0 Å². The van der Waals surface area contributed by atoms with E-state index in [0.717, 1.165) is 0 Å². The molecule has 0 aromatic carbocycles. The van der Waals surface area contributed by atoms with Crippen molar-refractivity contribution in [2.45, 2.75) is 12.2 Å². The molecule has 0 aliphatic rings. The summed E-state index contributed by atoms with van der Waals surface area (Å²) in [5.74, 6) is -0.743. The molecule has 0 aliphatic heterocycles. The Morgan fingerprint density at radius 3 is 2.12 bits per heavy atom. The summed E-state index contributed by atoms with van der Waals surface area (Å²) in [6.07, 6.45) is 1.78. The first-order chi connectivity index (χ1) is 3.18. The molecule has 0 fully saturated rings. The summed E-state index contributed by atoms with van der Waals surface area (Å²) in [6, 6.07) is 0. The van der Waals surface area contributed by atoms with Gasteiger partial charge in [-0.2, -0.15) is 11.8 Å². The summed E-state index contributed by atoms with van der Waals surface area (Å²) in [6.45, 7) is 1.66. The van der Waals surface area contributed by atoms with Crippen LogP contribution in [0.4, 0.5) is 0 Å². The maximum absolute atomic E-state index is 9.91. The first-order valence-corrected chi connectivity index (χ1v) is 3.23. The Labute approximate surface area is 75.3 Å². The van der Waals surface area contributed by atoms with Gasteiger partial charge in [-0.3, -0.25) is 4.79 Å². The Bertz CT molecular complexity index is 76.4. The van der Waals surface area contributed by atoms with Crippen LogP contribution in [-0.4, -0.2) is 52.1 Å². The summed E-state index contributed by atoms with van der Waals surface area (Å²) in [5, 5.41) is 7.90. The Hall–Kier alpha value is 0.820. The van der Waals surface area contributed by atoms with Gasteiger partial charge in [0.15, 0.2) is 0 Å². The Balaban J connectivity index is 0. The molecule has 2 nitrogen and oxygen atoms in total. The molecule has 0 aliphatic carbocycles. The third-order valence-electron chi connectivity index (χ3n) is 0.701. The molecule has 1 unspecified atom stereocenters. The average Bonchev–Trinajstić information content (AvgIpc) is 1.65. The van der Waals surface area contributed by atoms with Crippen LogP contribution < -0.4 is 0 Å². The predicted molar refractivity (Wildman–Crippen MR) is 37.8 cm³/mol. The summed E-state index contributed by atoms with van der Waals surface area (Å²) in [4.78, 5) is 9.91. The quantitative estimate of drug-likeness (QED) is 0.561. The van der Waals surface area contributed by atoms with Crippen LogP contribution in [0.3, 0.4) is 0 Å². The standard InChI is InChI=1S/C4H8O2S.Na.H/c1-3(7-2)4(5)6;;/h3H,1-2H3,(H,5,6);;. The second-order valence-corrected chi connectivity index (χ2v) is 2.39. The molecule has 0 rings (SSSR count). The molecular formula is C4H9NaO2S. The van der Waals surface area contributed by atoms with Gasteiger partial charge in [0.1, 0.15) is 0 Å². The zero-order valence-electron chi connectivity index (χ0n) is 4.34. The SMILES string of the molecule is CSC(C)C(=O)O.[NaH]. The second kappa shape index (κ2) is 5.95. The van der Waals surface area contributed by atoms with E-state index in [1.165, 1.54) is 11.8 Å². The maximum atomic E-state index is 9.91. The molecule has 1 atom stereocenters. The van der Waals surface area contributed by atoms with Crippen molar-refractivity contribution in [3.05, 3.63) is 0 Å². The molecule has 0 heterocycles. The third kappa shape index (κ3) is 4.97. The molecule has 0 saturated heterocycles. The van der Waals surface area contributed by atoms with E-state index in [4.69, 9.17) is 5.11 Å². The Morgan fingerprint density at radius 2 is 2.12 bits per heavy atom. The molecule has 4 heteroatoms. The van der Waals surface area contributed by atoms with Gasteiger partial charge in [0, 0.05) is 0 Å². The van der Waals surface area contributed by atoms with Gasteiger partial charge in [0.2, 0.25) is 0 Å². The number of thioether (sulfide) groups is 1. The van der Waals surface area contributed by atoms with Crippen molar-refractivity contribution in [2.75, 3.05) is 6.26 Å². The molecule has 0 spiro atoms. The zero-order chi connectivity index (χ0) is 5.86. The van der Waals surface area contributed by atoms with E-state index in [0.29, 0.717) is 0 Å².